The van der Waals surface area contributed by atoms with Gasteiger partial charge in [-0.15, -0.1) is 0 Å². The molecule has 0 rings (SSSR count). The third kappa shape index (κ3) is 6.81. The molecule has 0 aliphatic carbocycles. The van der Waals surface area contributed by atoms with Crippen LogP contribution >= 0.6 is 0 Å². The molecular weight excluding hydrogens is 174 g/mol. The van der Waals surface area contributed by atoms with Crippen LogP contribution in [0.4, 0.5) is 0 Å². The fourth-order valence-corrected chi connectivity index (χ4v) is 0.597. The van der Waals surface area contributed by atoms with E-state index in [2.05, 4.69) is 9.47 Å². The molecule has 0 amide bonds. The Morgan fingerprint density at radius 1 is 1.31 bits per heavy atom. The first-order valence-corrected chi connectivity index (χ1v) is 3.89. The molecule has 0 saturated carbocycles. The van der Waals surface area contributed by atoms with Crippen molar-refractivity contribution in [2.24, 2.45) is 0 Å². The van der Waals surface area contributed by atoms with Gasteiger partial charge in [-0.3, -0.25) is 9.59 Å². The van der Waals surface area contributed by atoms with Crippen LogP contribution in [-0.4, -0.2) is 25.2 Å². The number of hydrogen-bond donors (Lipinski definition) is 0. The second-order valence-corrected chi connectivity index (χ2v) is 2.11. The lowest BCUT2D eigenvalue weighted by Crippen LogP contribution is -2.11. The lowest BCUT2D eigenvalue weighted by atomic mass is 10.4. The summed E-state index contributed by atoms with van der Waals surface area (Å²) < 4.78 is 9.13. The third-order valence-electron chi connectivity index (χ3n) is 1.10. The highest BCUT2D eigenvalue weighted by Gasteiger charge is 2.04. The van der Waals surface area contributed by atoms with Gasteiger partial charge in [0.1, 0.15) is 13.0 Å². The van der Waals surface area contributed by atoms with Crippen LogP contribution in [0, 0.1) is 11.3 Å². The van der Waals surface area contributed by atoms with E-state index in [9.17, 15) is 9.59 Å². The highest BCUT2D eigenvalue weighted by Crippen LogP contribution is 1.90. The number of carbonyl (C=O) groups is 2. The van der Waals surface area contributed by atoms with Crippen molar-refractivity contribution in [1.82, 2.24) is 0 Å². The summed E-state index contributed by atoms with van der Waals surface area (Å²) in [5.41, 5.74) is 0. The molecule has 0 aliphatic heterocycles. The van der Waals surface area contributed by atoms with E-state index in [1.165, 1.54) is 0 Å². The summed E-state index contributed by atoms with van der Waals surface area (Å²) in [6, 6.07) is 1.64. The van der Waals surface area contributed by atoms with Crippen LogP contribution < -0.4 is 0 Å². The van der Waals surface area contributed by atoms with Gasteiger partial charge < -0.3 is 9.47 Å². The van der Waals surface area contributed by atoms with Gasteiger partial charge in [0.05, 0.1) is 19.1 Å². The molecule has 0 fully saturated rings. The van der Waals surface area contributed by atoms with Crippen LogP contribution in [-0.2, 0) is 19.1 Å². The first-order chi connectivity index (χ1) is 6.20. The molecule has 0 heterocycles. The molecule has 0 radical (unpaired) electrons. The molecule has 0 atom stereocenters. The van der Waals surface area contributed by atoms with Gasteiger partial charge in [-0.2, -0.15) is 5.26 Å². The van der Waals surface area contributed by atoms with E-state index < -0.39 is 11.9 Å². The van der Waals surface area contributed by atoms with Crippen LogP contribution in [0.25, 0.3) is 0 Å². The van der Waals surface area contributed by atoms with E-state index >= 15 is 0 Å². The maximum absolute atomic E-state index is 10.7. The van der Waals surface area contributed by atoms with Crippen molar-refractivity contribution in [2.75, 3.05) is 13.2 Å². The fourth-order valence-electron chi connectivity index (χ4n) is 0.597. The zero-order chi connectivity index (χ0) is 10.1. The topological polar surface area (TPSA) is 76.4 Å². The van der Waals surface area contributed by atoms with Crippen LogP contribution in [0.3, 0.4) is 0 Å². The summed E-state index contributed by atoms with van der Waals surface area (Å²) in [4.78, 5) is 21.3. The fraction of sp³-hybridized carbons (Fsp3) is 0.625. The smallest absolute Gasteiger partial charge is 0.320 e. The van der Waals surface area contributed by atoms with E-state index in [1.54, 1.807) is 13.0 Å². The van der Waals surface area contributed by atoms with Crippen molar-refractivity contribution < 1.29 is 19.1 Å². The number of nitrogens with zero attached hydrogens (tertiary/aromatic N) is 1. The highest BCUT2D eigenvalue weighted by atomic mass is 16.5. The molecule has 0 bridgehead atoms. The minimum absolute atomic E-state index is 0.0284. The maximum Gasteiger partial charge on any atom is 0.320 e. The minimum atomic E-state index is -0.619. The second-order valence-electron chi connectivity index (χ2n) is 2.11. The molecule has 5 heteroatoms. The first-order valence-electron chi connectivity index (χ1n) is 3.89. The van der Waals surface area contributed by atoms with Crippen molar-refractivity contribution in [3.8, 4) is 6.07 Å². The van der Waals surface area contributed by atoms with Gasteiger partial charge in [0.2, 0.25) is 0 Å². The molecular formula is C8H11NO4. The summed E-state index contributed by atoms with van der Waals surface area (Å²) in [7, 11) is 0. The Bertz CT molecular complexity index is 219. The molecule has 72 valence electrons. The maximum atomic E-state index is 10.7. The number of nitriles is 1. The largest absolute Gasteiger partial charge is 0.466 e. The normalized spacial score (nSPS) is 8.62. The first kappa shape index (κ1) is 11.4. The second kappa shape index (κ2) is 7.10. The van der Waals surface area contributed by atoms with Crippen LogP contribution in [0.5, 0.6) is 0 Å². The molecule has 0 aromatic rings. The molecule has 0 N–H and O–H groups in total. The summed E-state index contributed by atoms with van der Waals surface area (Å²) >= 11 is 0. The van der Waals surface area contributed by atoms with E-state index in [1.807, 2.05) is 0 Å². The Labute approximate surface area is 76.2 Å². The van der Waals surface area contributed by atoms with Gasteiger partial charge in [0.15, 0.2) is 0 Å². The summed E-state index contributed by atoms with van der Waals surface area (Å²) in [6.07, 6.45) is -0.256. The lowest BCUT2D eigenvalue weighted by molar-refractivity contribution is -0.148. The SMILES string of the molecule is CCOC(=O)CCOC(=O)CC#N. The monoisotopic (exact) mass is 185 g/mol. The van der Waals surface area contributed by atoms with Crippen LogP contribution in [0.15, 0.2) is 0 Å². The van der Waals surface area contributed by atoms with Crippen molar-refractivity contribution >= 4 is 11.9 Å². The predicted molar refractivity (Wildman–Crippen MR) is 42.4 cm³/mol. The molecule has 0 aromatic heterocycles. The standard InChI is InChI=1S/C8H11NO4/c1-2-12-8(11)4-6-13-7(10)3-5-9/h2-4,6H2,1H3. The summed E-state index contributed by atoms with van der Waals surface area (Å²) in [6.45, 7) is 1.98. The Balaban J connectivity index is 3.40. The lowest BCUT2D eigenvalue weighted by Gasteiger charge is -2.01. The van der Waals surface area contributed by atoms with Gasteiger partial charge in [-0.25, -0.2) is 0 Å². The van der Waals surface area contributed by atoms with Gasteiger partial charge in [-0.1, -0.05) is 0 Å². The van der Waals surface area contributed by atoms with E-state index in [0.29, 0.717) is 6.61 Å². The van der Waals surface area contributed by atoms with Crippen molar-refractivity contribution in [3.63, 3.8) is 0 Å². The molecule has 13 heavy (non-hydrogen) atoms. The van der Waals surface area contributed by atoms with Gasteiger partial charge in [-0.05, 0) is 6.92 Å². The quantitative estimate of drug-likeness (QED) is 0.579. The third-order valence-corrected chi connectivity index (χ3v) is 1.10. The molecule has 0 aromatic carbocycles. The molecule has 0 aliphatic rings. The predicted octanol–water partition coefficient (Wildman–Crippen LogP) is 0.396. The van der Waals surface area contributed by atoms with Crippen molar-refractivity contribution in [3.05, 3.63) is 0 Å². The van der Waals surface area contributed by atoms with Crippen LogP contribution in [0.2, 0.25) is 0 Å². The zero-order valence-electron chi connectivity index (χ0n) is 7.41. The Morgan fingerprint density at radius 2 is 2.00 bits per heavy atom. The number of carbonyl (C=O) groups excluding carboxylic acids is 2. The minimum Gasteiger partial charge on any atom is -0.466 e. The Kier molecular flexibility index (Phi) is 6.24. The van der Waals surface area contributed by atoms with E-state index in [4.69, 9.17) is 5.26 Å². The molecule has 5 nitrogen and oxygen atoms in total. The summed E-state index contributed by atoms with van der Waals surface area (Å²) in [5.74, 6) is -1.03. The molecule has 0 spiro atoms. The van der Waals surface area contributed by atoms with Gasteiger partial charge in [0.25, 0.3) is 0 Å². The van der Waals surface area contributed by atoms with Gasteiger partial charge in [0, 0.05) is 0 Å². The van der Waals surface area contributed by atoms with Gasteiger partial charge >= 0.3 is 11.9 Å². The molecule has 0 unspecified atom stereocenters. The number of ether oxygens (including phenoxy) is 2. The van der Waals surface area contributed by atoms with Crippen molar-refractivity contribution in [1.29, 1.82) is 5.26 Å². The number of rotatable bonds is 5. The van der Waals surface area contributed by atoms with Crippen molar-refractivity contribution in [2.45, 2.75) is 19.8 Å². The Morgan fingerprint density at radius 3 is 2.54 bits per heavy atom. The number of hydrogen-bond acceptors (Lipinski definition) is 5. The van der Waals surface area contributed by atoms with E-state index in [0.717, 1.165) is 0 Å². The van der Waals surface area contributed by atoms with Crippen LogP contribution in [0.1, 0.15) is 19.8 Å². The average molecular weight is 185 g/mol. The highest BCUT2D eigenvalue weighted by molar-refractivity contribution is 5.73. The summed E-state index contributed by atoms with van der Waals surface area (Å²) in [5, 5.41) is 8.09. The average Bonchev–Trinajstić information content (AvgIpc) is 2.05. The molecule has 0 saturated heterocycles. The zero-order valence-corrected chi connectivity index (χ0v) is 7.41. The number of esters is 2. The van der Waals surface area contributed by atoms with E-state index in [-0.39, 0.29) is 19.4 Å². The Hall–Kier alpha value is -1.57.